The maximum absolute atomic E-state index is 12.3. The number of nitrogens with one attached hydrogen (secondary N) is 1. The number of benzene rings is 1. The van der Waals surface area contributed by atoms with Gasteiger partial charge in [-0.05, 0) is 31.0 Å². The van der Waals surface area contributed by atoms with Gasteiger partial charge in [-0.3, -0.25) is 9.79 Å². The quantitative estimate of drug-likeness (QED) is 0.715. The molecule has 1 aromatic rings. The number of aryl methyl sites for hydroxylation is 2. The van der Waals surface area contributed by atoms with Crippen molar-refractivity contribution >= 4 is 17.2 Å². The Morgan fingerprint density at radius 1 is 1.38 bits per heavy atom. The topological polar surface area (TPSA) is 41.5 Å². The van der Waals surface area contributed by atoms with Crippen LogP contribution in [0.15, 0.2) is 17.1 Å². The Hall–Kier alpha value is -1.48. The van der Waals surface area contributed by atoms with Crippen molar-refractivity contribution in [2.75, 3.05) is 13.1 Å². The Bertz CT molecular complexity index is 517. The van der Waals surface area contributed by atoms with Gasteiger partial charge in [0.2, 0.25) is 0 Å². The van der Waals surface area contributed by atoms with Crippen LogP contribution in [0.25, 0.3) is 0 Å². The minimum Gasteiger partial charge on any atom is -0.310 e. The van der Waals surface area contributed by atoms with Gasteiger partial charge in [0.05, 0.1) is 11.6 Å². The number of carbonyl (C=O) groups is 1. The van der Waals surface area contributed by atoms with Gasteiger partial charge in [-0.15, -0.1) is 0 Å². The summed E-state index contributed by atoms with van der Waals surface area (Å²) in [6.45, 7) is 5.53. The van der Waals surface area contributed by atoms with E-state index in [2.05, 4.69) is 16.4 Å². The molecular weight excluding hydrogens is 200 g/mol. The second kappa shape index (κ2) is 3.25. The van der Waals surface area contributed by atoms with Crippen molar-refractivity contribution in [1.29, 1.82) is 0 Å². The first kappa shape index (κ1) is 9.73. The van der Waals surface area contributed by atoms with Gasteiger partial charge in [0.1, 0.15) is 0 Å². The molecule has 2 aliphatic rings. The maximum atomic E-state index is 12.3. The summed E-state index contributed by atoms with van der Waals surface area (Å²) in [6.07, 6.45) is 0. The van der Waals surface area contributed by atoms with Crippen LogP contribution in [0, 0.1) is 19.8 Å². The number of hydrogen-bond acceptors (Lipinski definition) is 3. The first-order chi connectivity index (χ1) is 7.66. The summed E-state index contributed by atoms with van der Waals surface area (Å²) in [7, 11) is 0. The Morgan fingerprint density at radius 2 is 2.19 bits per heavy atom. The summed E-state index contributed by atoms with van der Waals surface area (Å²) in [4.78, 5) is 16.9. The van der Waals surface area contributed by atoms with E-state index in [1.807, 2.05) is 19.9 Å². The molecule has 3 rings (SSSR count). The van der Waals surface area contributed by atoms with Crippen LogP contribution in [0.4, 0.5) is 5.69 Å². The highest BCUT2D eigenvalue weighted by atomic mass is 16.1. The Balaban J connectivity index is 2.24. The fourth-order valence-electron chi connectivity index (χ4n) is 2.57. The van der Waals surface area contributed by atoms with E-state index < -0.39 is 0 Å². The molecule has 1 unspecified atom stereocenters. The van der Waals surface area contributed by atoms with Crippen molar-refractivity contribution in [2.45, 2.75) is 13.8 Å². The summed E-state index contributed by atoms with van der Waals surface area (Å²) in [5.41, 5.74) is 4.92. The minimum atomic E-state index is -0.0197. The fourth-order valence-corrected chi connectivity index (χ4v) is 2.57. The third kappa shape index (κ3) is 1.25. The van der Waals surface area contributed by atoms with E-state index in [1.165, 1.54) is 0 Å². The Kier molecular flexibility index (Phi) is 1.98. The maximum Gasteiger partial charge on any atom is 0.175 e. The second-order valence-corrected chi connectivity index (χ2v) is 4.63. The SMILES string of the molecule is Cc1cc(C)c2c(c1)C(=O)C1CNCC1=N2. The van der Waals surface area contributed by atoms with Gasteiger partial charge in [0.15, 0.2) is 5.78 Å². The molecule has 0 aliphatic carbocycles. The summed E-state index contributed by atoms with van der Waals surface area (Å²) in [5, 5.41) is 3.21. The normalized spacial score (nSPS) is 22.8. The largest absolute Gasteiger partial charge is 0.310 e. The first-order valence-corrected chi connectivity index (χ1v) is 5.60. The lowest BCUT2D eigenvalue weighted by Crippen LogP contribution is -2.26. The molecule has 0 saturated carbocycles. The lowest BCUT2D eigenvalue weighted by atomic mass is 9.89. The molecule has 1 aromatic carbocycles. The smallest absolute Gasteiger partial charge is 0.175 e. The predicted molar refractivity (Wildman–Crippen MR) is 63.7 cm³/mol. The fraction of sp³-hybridized carbons (Fsp3) is 0.385. The highest BCUT2D eigenvalue weighted by Gasteiger charge is 2.35. The zero-order valence-corrected chi connectivity index (χ0v) is 9.50. The van der Waals surface area contributed by atoms with Crippen LogP contribution in [0.1, 0.15) is 21.5 Å². The van der Waals surface area contributed by atoms with E-state index in [1.54, 1.807) is 0 Å². The summed E-state index contributed by atoms with van der Waals surface area (Å²) in [6, 6.07) is 4.04. The zero-order chi connectivity index (χ0) is 11.3. The van der Waals surface area contributed by atoms with Crippen LogP contribution in [-0.4, -0.2) is 24.6 Å². The van der Waals surface area contributed by atoms with Crippen molar-refractivity contribution in [3.8, 4) is 0 Å². The monoisotopic (exact) mass is 214 g/mol. The Labute approximate surface area is 94.6 Å². The molecule has 1 atom stereocenters. The van der Waals surface area contributed by atoms with Crippen LogP contribution in [0.3, 0.4) is 0 Å². The third-order valence-corrected chi connectivity index (χ3v) is 3.34. The average Bonchev–Trinajstić information content (AvgIpc) is 2.68. The van der Waals surface area contributed by atoms with Crippen LogP contribution >= 0.6 is 0 Å². The predicted octanol–water partition coefficient (Wildman–Crippen LogP) is 1.79. The molecule has 1 fully saturated rings. The number of ketones is 1. The highest BCUT2D eigenvalue weighted by Crippen LogP contribution is 2.33. The van der Waals surface area contributed by atoms with E-state index in [0.717, 1.165) is 41.2 Å². The van der Waals surface area contributed by atoms with Crippen LogP contribution in [-0.2, 0) is 0 Å². The van der Waals surface area contributed by atoms with Gasteiger partial charge < -0.3 is 5.32 Å². The molecule has 2 aliphatic heterocycles. The van der Waals surface area contributed by atoms with Gasteiger partial charge >= 0.3 is 0 Å². The van der Waals surface area contributed by atoms with E-state index in [-0.39, 0.29) is 11.7 Å². The van der Waals surface area contributed by atoms with Gasteiger partial charge in [0, 0.05) is 24.4 Å². The lowest BCUT2D eigenvalue weighted by Gasteiger charge is -2.19. The molecule has 0 spiro atoms. The lowest BCUT2D eigenvalue weighted by molar-refractivity contribution is 0.0958. The van der Waals surface area contributed by atoms with Crippen LogP contribution < -0.4 is 5.32 Å². The number of carbonyl (C=O) groups excluding carboxylic acids is 1. The van der Waals surface area contributed by atoms with Crippen molar-refractivity contribution in [1.82, 2.24) is 5.32 Å². The molecule has 82 valence electrons. The Morgan fingerprint density at radius 3 is 3.00 bits per heavy atom. The van der Waals surface area contributed by atoms with Gasteiger partial charge in [-0.1, -0.05) is 6.07 Å². The van der Waals surface area contributed by atoms with E-state index >= 15 is 0 Å². The van der Waals surface area contributed by atoms with E-state index in [0.29, 0.717) is 0 Å². The molecule has 2 heterocycles. The molecule has 0 radical (unpaired) electrons. The summed E-state index contributed by atoms with van der Waals surface area (Å²) >= 11 is 0. The average molecular weight is 214 g/mol. The summed E-state index contributed by atoms with van der Waals surface area (Å²) in [5.74, 6) is 0.213. The van der Waals surface area contributed by atoms with Gasteiger partial charge in [-0.2, -0.15) is 0 Å². The van der Waals surface area contributed by atoms with Crippen LogP contribution in [0.5, 0.6) is 0 Å². The van der Waals surface area contributed by atoms with Gasteiger partial charge in [-0.25, -0.2) is 0 Å². The molecule has 0 bridgehead atoms. The number of rotatable bonds is 0. The van der Waals surface area contributed by atoms with E-state index in [4.69, 9.17) is 0 Å². The van der Waals surface area contributed by atoms with Gasteiger partial charge in [0.25, 0.3) is 0 Å². The number of hydrogen-bond donors (Lipinski definition) is 1. The number of fused-ring (bicyclic) bond motifs is 2. The molecule has 3 nitrogen and oxygen atoms in total. The molecule has 3 heteroatoms. The molecular formula is C13H14N2O. The third-order valence-electron chi connectivity index (χ3n) is 3.34. The molecule has 0 aromatic heterocycles. The minimum absolute atomic E-state index is 0.0197. The number of aliphatic imine (C=N–C) groups is 1. The van der Waals surface area contributed by atoms with Crippen molar-refractivity contribution in [3.05, 3.63) is 28.8 Å². The molecule has 16 heavy (non-hydrogen) atoms. The molecule has 1 N–H and O–H groups in total. The molecule has 1 saturated heterocycles. The standard InChI is InChI=1S/C13H14N2O/c1-7-3-8(2)12-9(4-7)13(16)10-5-14-6-11(10)15-12/h3-4,10,14H,5-6H2,1-2H3. The van der Waals surface area contributed by atoms with E-state index in [9.17, 15) is 4.79 Å². The number of nitrogens with zero attached hydrogens (tertiary/aromatic N) is 1. The van der Waals surface area contributed by atoms with Crippen LogP contribution in [0.2, 0.25) is 0 Å². The second-order valence-electron chi connectivity index (χ2n) is 4.63. The van der Waals surface area contributed by atoms with Crippen molar-refractivity contribution in [3.63, 3.8) is 0 Å². The zero-order valence-electron chi connectivity index (χ0n) is 9.50. The molecule has 0 amide bonds. The first-order valence-electron chi connectivity index (χ1n) is 5.60. The van der Waals surface area contributed by atoms with Crippen molar-refractivity contribution < 1.29 is 4.79 Å². The highest BCUT2D eigenvalue weighted by molar-refractivity contribution is 6.20. The summed E-state index contributed by atoms with van der Waals surface area (Å²) < 4.78 is 0. The van der Waals surface area contributed by atoms with Crippen molar-refractivity contribution in [2.24, 2.45) is 10.9 Å². The number of Topliss-reactive ketones (excluding diaryl/α,β-unsaturated/α-hetero) is 1.